The molecular formula is C26H30ClN3O3. The number of halogens is 1. The second kappa shape index (κ2) is 10.4. The Kier molecular flexibility index (Phi) is 7.36. The molecule has 0 N–H and O–H groups in total. The average Bonchev–Trinajstić information content (AvgIpc) is 3.43. The zero-order chi connectivity index (χ0) is 23.4. The van der Waals surface area contributed by atoms with Crippen LogP contribution in [0.3, 0.4) is 0 Å². The number of carbonyl (C=O) groups is 1. The monoisotopic (exact) mass is 467 g/mol. The van der Waals surface area contributed by atoms with Crippen molar-refractivity contribution < 1.29 is 14.3 Å². The van der Waals surface area contributed by atoms with E-state index in [1.54, 1.807) is 7.11 Å². The van der Waals surface area contributed by atoms with Gasteiger partial charge >= 0.3 is 0 Å². The van der Waals surface area contributed by atoms with E-state index in [2.05, 4.69) is 0 Å². The third-order valence-electron chi connectivity index (χ3n) is 6.19. The number of ether oxygens (including phenoxy) is 2. The second-order valence-corrected chi connectivity index (χ2v) is 8.87. The molecule has 2 heterocycles. The predicted octanol–water partition coefficient (Wildman–Crippen LogP) is 4.90. The summed E-state index contributed by atoms with van der Waals surface area (Å²) in [6.07, 6.45) is 2.37. The summed E-state index contributed by atoms with van der Waals surface area (Å²) in [7, 11) is 1.66. The van der Waals surface area contributed by atoms with Crippen LogP contribution in [0.4, 0.5) is 0 Å². The average molecular weight is 468 g/mol. The minimum atomic E-state index is 0.0539. The largest absolute Gasteiger partial charge is 0.496 e. The van der Waals surface area contributed by atoms with Crippen molar-refractivity contribution in [1.82, 2.24) is 14.7 Å². The van der Waals surface area contributed by atoms with Gasteiger partial charge in [0.2, 0.25) is 5.91 Å². The second-order valence-electron chi connectivity index (χ2n) is 8.44. The van der Waals surface area contributed by atoms with Gasteiger partial charge < -0.3 is 14.4 Å². The third kappa shape index (κ3) is 5.40. The van der Waals surface area contributed by atoms with E-state index in [1.807, 2.05) is 72.0 Å². The summed E-state index contributed by atoms with van der Waals surface area (Å²) in [4.78, 5) is 15.5. The van der Waals surface area contributed by atoms with E-state index in [0.29, 0.717) is 18.1 Å². The number of carbonyl (C=O) groups excluding carboxylic acids is 1. The fraction of sp³-hybridized carbons (Fsp3) is 0.385. The Bertz CT molecular complexity index is 1100. The van der Waals surface area contributed by atoms with Crippen LogP contribution in [0, 0.1) is 13.8 Å². The first kappa shape index (κ1) is 23.3. The van der Waals surface area contributed by atoms with E-state index in [9.17, 15) is 4.79 Å². The molecule has 1 fully saturated rings. The summed E-state index contributed by atoms with van der Waals surface area (Å²) < 4.78 is 13.2. The molecular weight excluding hydrogens is 438 g/mol. The van der Waals surface area contributed by atoms with Crippen LogP contribution in [0.15, 0.2) is 48.5 Å². The predicted molar refractivity (Wildman–Crippen MR) is 129 cm³/mol. The Labute approximate surface area is 200 Å². The molecule has 1 aliphatic heterocycles. The van der Waals surface area contributed by atoms with Crippen molar-refractivity contribution in [3.63, 3.8) is 0 Å². The molecule has 1 atom stereocenters. The summed E-state index contributed by atoms with van der Waals surface area (Å²) in [6.45, 7) is 5.76. The lowest BCUT2D eigenvalue weighted by atomic mass is 10.1. The lowest BCUT2D eigenvalue weighted by Crippen LogP contribution is -2.38. The molecule has 1 aromatic heterocycles. The summed E-state index contributed by atoms with van der Waals surface area (Å²) >= 11 is 6.04. The van der Waals surface area contributed by atoms with Crippen molar-refractivity contribution in [1.29, 1.82) is 0 Å². The Morgan fingerprint density at radius 1 is 1.21 bits per heavy atom. The van der Waals surface area contributed by atoms with Crippen LogP contribution in [0.1, 0.15) is 35.4 Å². The number of benzene rings is 2. The van der Waals surface area contributed by atoms with Crippen LogP contribution >= 0.6 is 11.6 Å². The standard InChI is InChI=1S/C26H30ClN3O3/c1-18-24(19(2)30(28-18)22-12-10-21(27)11-13-22)15-26(31)29(17-23-8-6-14-33-23)16-20-7-4-5-9-25(20)32-3/h4-5,7,9-13,23H,6,8,14-17H2,1-3H3. The lowest BCUT2D eigenvalue weighted by molar-refractivity contribution is -0.132. The van der Waals surface area contributed by atoms with Gasteiger partial charge in [-0.1, -0.05) is 29.8 Å². The van der Waals surface area contributed by atoms with E-state index in [0.717, 1.165) is 53.4 Å². The topological polar surface area (TPSA) is 56.6 Å². The number of para-hydroxylation sites is 1. The van der Waals surface area contributed by atoms with E-state index >= 15 is 0 Å². The van der Waals surface area contributed by atoms with Gasteiger partial charge in [-0.15, -0.1) is 0 Å². The Balaban J connectivity index is 1.58. The summed E-state index contributed by atoms with van der Waals surface area (Å²) in [6, 6.07) is 15.4. The van der Waals surface area contributed by atoms with E-state index in [4.69, 9.17) is 26.2 Å². The number of nitrogens with zero attached hydrogens (tertiary/aromatic N) is 3. The number of hydrogen-bond acceptors (Lipinski definition) is 4. The van der Waals surface area contributed by atoms with Crippen molar-refractivity contribution in [2.24, 2.45) is 0 Å². The van der Waals surface area contributed by atoms with Gasteiger partial charge in [-0.25, -0.2) is 4.68 Å². The molecule has 0 bridgehead atoms. The number of hydrogen-bond donors (Lipinski definition) is 0. The van der Waals surface area contributed by atoms with Gasteiger partial charge in [-0.2, -0.15) is 5.10 Å². The fourth-order valence-electron chi connectivity index (χ4n) is 4.36. The number of methoxy groups -OCH3 is 1. The van der Waals surface area contributed by atoms with E-state index in [-0.39, 0.29) is 18.4 Å². The molecule has 0 aliphatic carbocycles. The molecule has 0 radical (unpaired) electrons. The molecule has 0 spiro atoms. The maximum atomic E-state index is 13.6. The SMILES string of the molecule is COc1ccccc1CN(CC1CCCO1)C(=O)Cc1c(C)nn(-c2ccc(Cl)cc2)c1C. The molecule has 1 saturated heterocycles. The number of aryl methyl sites for hydroxylation is 1. The molecule has 1 amide bonds. The van der Waals surface area contributed by atoms with Crippen LogP contribution in [-0.2, 0) is 22.5 Å². The molecule has 0 saturated carbocycles. The highest BCUT2D eigenvalue weighted by molar-refractivity contribution is 6.30. The minimum Gasteiger partial charge on any atom is -0.496 e. The highest BCUT2D eigenvalue weighted by Gasteiger charge is 2.25. The normalized spacial score (nSPS) is 15.6. The Hall–Kier alpha value is -2.83. The van der Waals surface area contributed by atoms with Gasteiger partial charge in [0.15, 0.2) is 0 Å². The zero-order valence-corrected chi connectivity index (χ0v) is 20.1. The molecule has 3 aromatic rings. The van der Waals surface area contributed by atoms with Crippen LogP contribution in [0.25, 0.3) is 5.69 Å². The molecule has 174 valence electrons. The van der Waals surface area contributed by atoms with Gasteiger partial charge in [0.05, 0.1) is 31.0 Å². The zero-order valence-electron chi connectivity index (χ0n) is 19.4. The molecule has 6 nitrogen and oxygen atoms in total. The highest BCUT2D eigenvalue weighted by Crippen LogP contribution is 2.24. The Morgan fingerprint density at radius 2 is 1.97 bits per heavy atom. The maximum absolute atomic E-state index is 13.6. The molecule has 2 aromatic carbocycles. The first-order valence-corrected chi connectivity index (χ1v) is 11.7. The van der Waals surface area contributed by atoms with Crippen molar-refractivity contribution in [2.75, 3.05) is 20.3 Å². The molecule has 4 rings (SSSR count). The first-order chi connectivity index (χ1) is 16.0. The van der Waals surface area contributed by atoms with Gasteiger partial charge in [0.1, 0.15) is 5.75 Å². The molecule has 1 aliphatic rings. The van der Waals surface area contributed by atoms with Crippen LogP contribution in [0.5, 0.6) is 5.75 Å². The number of rotatable bonds is 8. The smallest absolute Gasteiger partial charge is 0.227 e. The van der Waals surface area contributed by atoms with Crippen molar-refractivity contribution in [3.8, 4) is 11.4 Å². The highest BCUT2D eigenvalue weighted by atomic mass is 35.5. The van der Waals surface area contributed by atoms with Crippen LogP contribution in [0.2, 0.25) is 5.02 Å². The minimum absolute atomic E-state index is 0.0539. The van der Waals surface area contributed by atoms with Gasteiger partial charge in [-0.05, 0) is 57.0 Å². The maximum Gasteiger partial charge on any atom is 0.227 e. The van der Waals surface area contributed by atoms with Gasteiger partial charge in [0, 0.05) is 41.5 Å². The molecule has 33 heavy (non-hydrogen) atoms. The van der Waals surface area contributed by atoms with E-state index < -0.39 is 0 Å². The Morgan fingerprint density at radius 3 is 2.67 bits per heavy atom. The van der Waals surface area contributed by atoms with Crippen molar-refractivity contribution in [3.05, 3.63) is 76.1 Å². The summed E-state index contributed by atoms with van der Waals surface area (Å²) in [5, 5.41) is 5.37. The molecule has 7 heteroatoms. The number of aromatic nitrogens is 2. The van der Waals surface area contributed by atoms with Gasteiger partial charge in [0.25, 0.3) is 0 Å². The van der Waals surface area contributed by atoms with Crippen LogP contribution < -0.4 is 4.74 Å². The van der Waals surface area contributed by atoms with E-state index in [1.165, 1.54) is 0 Å². The van der Waals surface area contributed by atoms with Crippen molar-refractivity contribution >= 4 is 17.5 Å². The quantitative estimate of drug-likeness (QED) is 0.472. The third-order valence-corrected chi connectivity index (χ3v) is 6.45. The fourth-order valence-corrected chi connectivity index (χ4v) is 4.48. The van der Waals surface area contributed by atoms with Crippen LogP contribution in [-0.4, -0.2) is 47.0 Å². The first-order valence-electron chi connectivity index (χ1n) is 11.3. The summed E-state index contributed by atoms with van der Waals surface area (Å²) in [5.74, 6) is 0.837. The lowest BCUT2D eigenvalue weighted by Gasteiger charge is -2.26. The summed E-state index contributed by atoms with van der Waals surface area (Å²) in [5.41, 5.74) is 4.66. The van der Waals surface area contributed by atoms with Crippen molar-refractivity contribution in [2.45, 2.75) is 45.8 Å². The molecule has 1 unspecified atom stereocenters. The number of amides is 1. The van der Waals surface area contributed by atoms with Gasteiger partial charge in [-0.3, -0.25) is 4.79 Å².